The molecule has 0 aromatic heterocycles. The average molecular weight is 453 g/mol. The van der Waals surface area contributed by atoms with Crippen molar-refractivity contribution >= 4 is 28.1 Å². The van der Waals surface area contributed by atoms with Gasteiger partial charge in [0.05, 0.1) is 13.3 Å². The first kappa shape index (κ1) is 20.6. The molecule has 0 spiro atoms. The van der Waals surface area contributed by atoms with E-state index in [1.54, 1.807) is 37.6 Å². The van der Waals surface area contributed by atoms with Crippen molar-refractivity contribution in [1.29, 1.82) is 0 Å². The lowest BCUT2D eigenvalue weighted by Gasteiger charge is -2.07. The lowest BCUT2D eigenvalue weighted by atomic mass is 10.2. The van der Waals surface area contributed by atoms with E-state index in [2.05, 4.69) is 38.6 Å². The van der Waals surface area contributed by atoms with Crippen molar-refractivity contribution in [3.05, 3.63) is 93.5 Å². The molecular weight excluding hydrogens is 432 g/mol. The minimum atomic E-state index is -0.305. The average Bonchev–Trinajstić information content (AvgIpc) is 2.74. The highest BCUT2D eigenvalue weighted by atomic mass is 79.9. The highest BCUT2D eigenvalue weighted by molar-refractivity contribution is 9.10. The number of aryl methyl sites for hydroxylation is 1. The van der Waals surface area contributed by atoms with Gasteiger partial charge in [0, 0.05) is 15.6 Å². The van der Waals surface area contributed by atoms with Gasteiger partial charge >= 0.3 is 0 Å². The predicted molar refractivity (Wildman–Crippen MR) is 118 cm³/mol. The van der Waals surface area contributed by atoms with Crippen molar-refractivity contribution in [2.45, 2.75) is 13.5 Å². The number of nitrogens with zero attached hydrogens (tertiary/aromatic N) is 1. The van der Waals surface area contributed by atoms with Crippen molar-refractivity contribution < 1.29 is 14.3 Å². The second-order valence-electron chi connectivity index (χ2n) is 6.38. The molecule has 5 nitrogen and oxygen atoms in total. The molecule has 3 rings (SSSR count). The summed E-state index contributed by atoms with van der Waals surface area (Å²) < 4.78 is 11.9. The zero-order chi connectivity index (χ0) is 20.6. The first-order valence-electron chi connectivity index (χ1n) is 9.00. The molecule has 0 unspecified atom stereocenters. The SMILES string of the molecule is COc1ccc(Br)cc1C=NNC(=O)c1ccc(OCc2ccc(C)cc2)cc1. The van der Waals surface area contributed by atoms with Crippen molar-refractivity contribution in [3.63, 3.8) is 0 Å². The van der Waals surface area contributed by atoms with Crippen LogP contribution in [0.25, 0.3) is 0 Å². The minimum Gasteiger partial charge on any atom is -0.496 e. The highest BCUT2D eigenvalue weighted by Gasteiger charge is 2.06. The Bertz CT molecular complexity index is 1000. The van der Waals surface area contributed by atoms with Gasteiger partial charge in [-0.2, -0.15) is 5.10 Å². The van der Waals surface area contributed by atoms with E-state index in [0.717, 1.165) is 15.6 Å². The number of hydrogen-bond donors (Lipinski definition) is 1. The van der Waals surface area contributed by atoms with Gasteiger partial charge in [0.25, 0.3) is 5.91 Å². The molecule has 0 aliphatic rings. The molecule has 0 aliphatic heterocycles. The predicted octanol–water partition coefficient (Wildman–Crippen LogP) is 5.11. The molecule has 0 heterocycles. The smallest absolute Gasteiger partial charge is 0.271 e. The summed E-state index contributed by atoms with van der Waals surface area (Å²) in [6.45, 7) is 2.53. The third-order valence-corrected chi connectivity index (χ3v) is 4.70. The van der Waals surface area contributed by atoms with Crippen molar-refractivity contribution in [2.75, 3.05) is 7.11 Å². The third kappa shape index (κ3) is 5.93. The second kappa shape index (κ2) is 9.89. The van der Waals surface area contributed by atoms with Crippen LogP contribution in [0.1, 0.15) is 27.0 Å². The number of halogens is 1. The van der Waals surface area contributed by atoms with E-state index in [1.807, 2.05) is 37.3 Å². The molecule has 29 heavy (non-hydrogen) atoms. The molecule has 0 aliphatic carbocycles. The zero-order valence-corrected chi connectivity index (χ0v) is 17.8. The lowest BCUT2D eigenvalue weighted by Crippen LogP contribution is -2.17. The summed E-state index contributed by atoms with van der Waals surface area (Å²) in [7, 11) is 1.58. The van der Waals surface area contributed by atoms with Crippen molar-refractivity contribution in [2.24, 2.45) is 5.10 Å². The largest absolute Gasteiger partial charge is 0.496 e. The Morgan fingerprint density at radius 2 is 1.79 bits per heavy atom. The van der Waals surface area contributed by atoms with Gasteiger partial charge in [0.15, 0.2) is 0 Å². The van der Waals surface area contributed by atoms with E-state index in [1.165, 1.54) is 5.56 Å². The molecule has 0 radical (unpaired) electrons. The van der Waals surface area contributed by atoms with Gasteiger partial charge in [-0.1, -0.05) is 45.8 Å². The molecule has 0 atom stereocenters. The van der Waals surface area contributed by atoms with E-state index in [-0.39, 0.29) is 5.91 Å². The Kier molecular flexibility index (Phi) is 7.03. The van der Waals surface area contributed by atoms with Gasteiger partial charge in [0.1, 0.15) is 18.1 Å². The summed E-state index contributed by atoms with van der Waals surface area (Å²) in [6, 6.07) is 20.7. The number of nitrogens with one attached hydrogen (secondary N) is 1. The summed E-state index contributed by atoms with van der Waals surface area (Å²) >= 11 is 3.40. The molecule has 3 aromatic rings. The minimum absolute atomic E-state index is 0.305. The number of hydrazone groups is 1. The maximum absolute atomic E-state index is 12.3. The molecule has 1 amide bonds. The first-order valence-corrected chi connectivity index (χ1v) is 9.80. The van der Waals surface area contributed by atoms with Gasteiger partial charge < -0.3 is 9.47 Å². The van der Waals surface area contributed by atoms with Crippen LogP contribution < -0.4 is 14.9 Å². The van der Waals surface area contributed by atoms with Crippen LogP contribution in [0.2, 0.25) is 0 Å². The Balaban J connectivity index is 1.56. The van der Waals surface area contributed by atoms with Gasteiger partial charge in [0.2, 0.25) is 0 Å². The summed E-state index contributed by atoms with van der Waals surface area (Å²) in [5, 5.41) is 4.02. The quantitative estimate of drug-likeness (QED) is 0.400. The van der Waals surface area contributed by atoms with Crippen LogP contribution in [0.5, 0.6) is 11.5 Å². The zero-order valence-electron chi connectivity index (χ0n) is 16.2. The standard InChI is InChI=1S/C23H21BrN2O3/c1-16-3-5-17(6-4-16)15-29-21-10-7-18(8-11-21)23(27)26-25-14-19-13-20(24)9-12-22(19)28-2/h3-14H,15H2,1-2H3,(H,26,27). The monoisotopic (exact) mass is 452 g/mol. The van der Waals surface area contributed by atoms with E-state index in [9.17, 15) is 4.79 Å². The Labute approximate surface area is 178 Å². The van der Waals surface area contributed by atoms with Crippen molar-refractivity contribution in [1.82, 2.24) is 5.43 Å². The number of ether oxygens (including phenoxy) is 2. The second-order valence-corrected chi connectivity index (χ2v) is 7.30. The molecule has 6 heteroatoms. The summed E-state index contributed by atoms with van der Waals surface area (Å²) in [4.78, 5) is 12.3. The molecule has 148 valence electrons. The number of carbonyl (C=O) groups excluding carboxylic acids is 1. The maximum Gasteiger partial charge on any atom is 0.271 e. The fourth-order valence-corrected chi connectivity index (χ4v) is 2.96. The number of benzene rings is 3. The van der Waals surface area contributed by atoms with E-state index in [0.29, 0.717) is 23.7 Å². The Hall–Kier alpha value is -3.12. The molecule has 0 bridgehead atoms. The number of rotatable bonds is 7. The molecular formula is C23H21BrN2O3. The fraction of sp³-hybridized carbons (Fsp3) is 0.130. The van der Waals surface area contributed by atoms with E-state index in [4.69, 9.17) is 9.47 Å². The molecule has 0 saturated heterocycles. The number of amides is 1. The third-order valence-electron chi connectivity index (χ3n) is 4.20. The molecule has 0 fully saturated rings. The number of methoxy groups -OCH3 is 1. The summed E-state index contributed by atoms with van der Waals surface area (Å²) in [6.07, 6.45) is 1.54. The fourth-order valence-electron chi connectivity index (χ4n) is 2.58. The molecule has 0 saturated carbocycles. The first-order chi connectivity index (χ1) is 14.0. The van der Waals surface area contributed by atoms with Gasteiger partial charge in [-0.15, -0.1) is 0 Å². The van der Waals surface area contributed by atoms with Crippen LogP contribution in [0.4, 0.5) is 0 Å². The van der Waals surface area contributed by atoms with Crippen molar-refractivity contribution in [3.8, 4) is 11.5 Å². The summed E-state index contributed by atoms with van der Waals surface area (Å²) in [5.41, 5.74) is 6.07. The summed E-state index contributed by atoms with van der Waals surface area (Å²) in [5.74, 6) is 1.06. The number of hydrogen-bond acceptors (Lipinski definition) is 4. The van der Waals surface area contributed by atoms with Crippen LogP contribution in [0.3, 0.4) is 0 Å². The van der Waals surface area contributed by atoms with Crippen LogP contribution >= 0.6 is 15.9 Å². The normalized spacial score (nSPS) is 10.7. The maximum atomic E-state index is 12.3. The topological polar surface area (TPSA) is 59.9 Å². The van der Waals surface area contributed by atoms with Gasteiger partial charge in [-0.25, -0.2) is 5.43 Å². The molecule has 3 aromatic carbocycles. The Morgan fingerprint density at radius 3 is 2.48 bits per heavy atom. The van der Waals surface area contributed by atoms with Crippen LogP contribution in [-0.2, 0) is 6.61 Å². The Morgan fingerprint density at radius 1 is 1.07 bits per heavy atom. The van der Waals surface area contributed by atoms with Gasteiger partial charge in [-0.3, -0.25) is 4.79 Å². The van der Waals surface area contributed by atoms with Crippen LogP contribution in [0, 0.1) is 6.92 Å². The van der Waals surface area contributed by atoms with E-state index >= 15 is 0 Å². The number of carbonyl (C=O) groups is 1. The molecule has 1 N–H and O–H groups in total. The van der Waals surface area contributed by atoms with E-state index < -0.39 is 0 Å². The van der Waals surface area contributed by atoms with Crippen LogP contribution in [-0.4, -0.2) is 19.2 Å². The van der Waals surface area contributed by atoms with Gasteiger partial charge in [-0.05, 0) is 55.0 Å². The van der Waals surface area contributed by atoms with Crippen LogP contribution in [0.15, 0.2) is 76.3 Å². The lowest BCUT2D eigenvalue weighted by molar-refractivity contribution is 0.0955. The highest BCUT2D eigenvalue weighted by Crippen LogP contribution is 2.21.